The highest BCUT2D eigenvalue weighted by atomic mass is 35.5. The lowest BCUT2D eigenvalue weighted by molar-refractivity contribution is -0.138. The third kappa shape index (κ3) is 4.37. The van der Waals surface area contributed by atoms with Gasteiger partial charge in [0.2, 0.25) is 5.91 Å². The molecule has 1 saturated heterocycles. The lowest BCUT2D eigenvalue weighted by atomic mass is 9.91. The molecule has 1 amide bonds. The maximum absolute atomic E-state index is 12.9. The minimum absolute atomic E-state index is 0. The van der Waals surface area contributed by atoms with Crippen LogP contribution in [0.5, 0.6) is 0 Å². The summed E-state index contributed by atoms with van der Waals surface area (Å²) < 4.78 is 0. The molecule has 1 aromatic rings. The van der Waals surface area contributed by atoms with E-state index in [1.165, 1.54) is 5.56 Å². The number of hydrogen-bond donors (Lipinski definition) is 1. The third-order valence-electron chi connectivity index (χ3n) is 4.51. The molecule has 1 N–H and O–H groups in total. The highest BCUT2D eigenvalue weighted by molar-refractivity contribution is 6.30. The SMILES string of the molecule is C[C@H]1C[C@@H](C(=O)N(Cc2ccc(Cl)cc2)C2CC2)CCN1.Cl. The van der Waals surface area contributed by atoms with Gasteiger partial charge in [0.15, 0.2) is 0 Å². The summed E-state index contributed by atoms with van der Waals surface area (Å²) in [7, 11) is 0. The predicted molar refractivity (Wildman–Crippen MR) is 92.5 cm³/mol. The summed E-state index contributed by atoms with van der Waals surface area (Å²) in [5, 5.41) is 4.17. The molecule has 1 aromatic carbocycles. The Balaban J connectivity index is 0.00000176. The molecule has 0 unspecified atom stereocenters. The second-order valence-corrected chi connectivity index (χ2v) is 6.84. The van der Waals surface area contributed by atoms with Crippen LogP contribution < -0.4 is 5.32 Å². The molecule has 0 bridgehead atoms. The zero-order chi connectivity index (χ0) is 14.8. The summed E-state index contributed by atoms with van der Waals surface area (Å²) in [4.78, 5) is 15.0. The molecule has 3 rings (SSSR count). The number of amides is 1. The molecule has 5 heteroatoms. The van der Waals surface area contributed by atoms with Crippen molar-refractivity contribution in [1.29, 1.82) is 0 Å². The first-order valence-electron chi connectivity index (χ1n) is 7.92. The molecule has 0 spiro atoms. The average Bonchev–Trinajstić information content (AvgIpc) is 3.30. The Morgan fingerprint density at radius 1 is 1.27 bits per heavy atom. The molecule has 0 radical (unpaired) electrons. The summed E-state index contributed by atoms with van der Waals surface area (Å²) in [6.45, 7) is 3.84. The van der Waals surface area contributed by atoms with Gasteiger partial charge < -0.3 is 10.2 Å². The number of nitrogens with one attached hydrogen (secondary N) is 1. The number of carbonyl (C=O) groups excluding carboxylic acids is 1. The van der Waals surface area contributed by atoms with Crippen LogP contribution in [0.2, 0.25) is 5.02 Å². The fourth-order valence-electron chi connectivity index (χ4n) is 3.15. The summed E-state index contributed by atoms with van der Waals surface area (Å²) in [6, 6.07) is 8.76. The molecule has 1 aliphatic carbocycles. The van der Waals surface area contributed by atoms with Gasteiger partial charge in [-0.05, 0) is 56.8 Å². The Kier molecular flexibility index (Phi) is 6.13. The number of nitrogens with zero attached hydrogens (tertiary/aromatic N) is 1. The standard InChI is InChI=1S/C17H23ClN2O.ClH/c1-12-10-14(8-9-19-12)17(21)20(16-6-7-16)11-13-2-4-15(18)5-3-13;/h2-5,12,14,16,19H,6-11H2,1H3;1H/t12-,14-;/m0./s1. The molecular formula is C17H24Cl2N2O. The van der Waals surface area contributed by atoms with Crippen molar-refractivity contribution < 1.29 is 4.79 Å². The summed E-state index contributed by atoms with van der Waals surface area (Å²) in [6.07, 6.45) is 4.23. The van der Waals surface area contributed by atoms with Gasteiger partial charge >= 0.3 is 0 Å². The van der Waals surface area contributed by atoms with E-state index >= 15 is 0 Å². The molecule has 1 saturated carbocycles. The van der Waals surface area contributed by atoms with Crippen molar-refractivity contribution >= 4 is 29.9 Å². The number of benzene rings is 1. The van der Waals surface area contributed by atoms with Crippen LogP contribution in [0.1, 0.15) is 38.2 Å². The molecule has 2 fully saturated rings. The van der Waals surface area contributed by atoms with Crippen LogP contribution in [-0.4, -0.2) is 29.4 Å². The van der Waals surface area contributed by atoms with E-state index in [1.807, 2.05) is 24.3 Å². The Labute approximate surface area is 143 Å². The fourth-order valence-corrected chi connectivity index (χ4v) is 3.28. The Bertz CT molecular complexity index is 502. The fraction of sp³-hybridized carbons (Fsp3) is 0.588. The highest BCUT2D eigenvalue weighted by Crippen LogP contribution is 2.31. The topological polar surface area (TPSA) is 32.3 Å². The molecular weight excluding hydrogens is 319 g/mol. The first-order valence-corrected chi connectivity index (χ1v) is 8.29. The van der Waals surface area contributed by atoms with Gasteiger partial charge in [0.25, 0.3) is 0 Å². The van der Waals surface area contributed by atoms with E-state index in [0.29, 0.717) is 18.0 Å². The number of piperidine rings is 1. The van der Waals surface area contributed by atoms with Crippen molar-refractivity contribution in [2.45, 2.75) is 51.2 Å². The van der Waals surface area contributed by atoms with E-state index in [1.54, 1.807) is 0 Å². The molecule has 1 heterocycles. The lowest BCUT2D eigenvalue weighted by Crippen LogP contribution is -2.44. The minimum Gasteiger partial charge on any atom is -0.335 e. The van der Waals surface area contributed by atoms with Gasteiger partial charge in [-0.3, -0.25) is 4.79 Å². The quantitative estimate of drug-likeness (QED) is 0.905. The second-order valence-electron chi connectivity index (χ2n) is 6.40. The molecule has 3 nitrogen and oxygen atoms in total. The molecule has 0 aromatic heterocycles. The van der Waals surface area contributed by atoms with Crippen molar-refractivity contribution in [1.82, 2.24) is 10.2 Å². The van der Waals surface area contributed by atoms with E-state index in [0.717, 1.165) is 43.8 Å². The van der Waals surface area contributed by atoms with Crippen molar-refractivity contribution in [3.63, 3.8) is 0 Å². The maximum Gasteiger partial charge on any atom is 0.226 e. The summed E-state index contributed by atoms with van der Waals surface area (Å²) in [5.41, 5.74) is 1.17. The van der Waals surface area contributed by atoms with E-state index in [9.17, 15) is 4.79 Å². The van der Waals surface area contributed by atoms with Crippen molar-refractivity contribution in [2.75, 3.05) is 6.54 Å². The van der Waals surface area contributed by atoms with E-state index in [4.69, 9.17) is 11.6 Å². The van der Waals surface area contributed by atoms with Crippen LogP contribution in [0.3, 0.4) is 0 Å². The average molecular weight is 343 g/mol. The van der Waals surface area contributed by atoms with Gasteiger partial charge in [-0.25, -0.2) is 0 Å². The predicted octanol–water partition coefficient (Wildman–Crippen LogP) is 3.64. The Morgan fingerprint density at radius 3 is 2.55 bits per heavy atom. The van der Waals surface area contributed by atoms with Crippen LogP contribution in [0.4, 0.5) is 0 Å². The van der Waals surface area contributed by atoms with Crippen LogP contribution in [0.25, 0.3) is 0 Å². The minimum atomic E-state index is 0. The molecule has 2 aliphatic rings. The monoisotopic (exact) mass is 342 g/mol. The third-order valence-corrected chi connectivity index (χ3v) is 4.76. The van der Waals surface area contributed by atoms with Crippen molar-refractivity contribution in [2.24, 2.45) is 5.92 Å². The van der Waals surface area contributed by atoms with E-state index in [-0.39, 0.29) is 18.3 Å². The zero-order valence-corrected chi connectivity index (χ0v) is 14.5. The summed E-state index contributed by atoms with van der Waals surface area (Å²) in [5.74, 6) is 0.537. The first kappa shape index (κ1) is 17.6. The van der Waals surface area contributed by atoms with Gasteiger partial charge in [-0.1, -0.05) is 23.7 Å². The van der Waals surface area contributed by atoms with Crippen LogP contribution in [-0.2, 0) is 11.3 Å². The maximum atomic E-state index is 12.9. The van der Waals surface area contributed by atoms with Gasteiger partial charge in [0, 0.05) is 29.6 Å². The molecule has 2 atom stereocenters. The zero-order valence-electron chi connectivity index (χ0n) is 12.9. The number of hydrogen-bond acceptors (Lipinski definition) is 2. The van der Waals surface area contributed by atoms with Crippen molar-refractivity contribution in [3.05, 3.63) is 34.9 Å². The largest absolute Gasteiger partial charge is 0.335 e. The number of carbonyl (C=O) groups is 1. The summed E-state index contributed by atoms with van der Waals surface area (Å²) >= 11 is 5.94. The van der Waals surface area contributed by atoms with Crippen LogP contribution >= 0.6 is 24.0 Å². The number of halogens is 2. The molecule has 122 valence electrons. The Hall–Kier alpha value is -0.770. The van der Waals surface area contributed by atoms with Crippen molar-refractivity contribution in [3.8, 4) is 0 Å². The number of rotatable bonds is 4. The Morgan fingerprint density at radius 2 is 1.95 bits per heavy atom. The second kappa shape index (κ2) is 7.67. The van der Waals surface area contributed by atoms with Gasteiger partial charge in [-0.2, -0.15) is 0 Å². The lowest BCUT2D eigenvalue weighted by Gasteiger charge is -2.32. The smallest absolute Gasteiger partial charge is 0.226 e. The molecule has 1 aliphatic heterocycles. The van der Waals surface area contributed by atoms with Crippen LogP contribution in [0, 0.1) is 5.92 Å². The van der Waals surface area contributed by atoms with E-state index < -0.39 is 0 Å². The highest BCUT2D eigenvalue weighted by Gasteiger charge is 2.36. The first-order chi connectivity index (χ1) is 10.1. The molecule has 22 heavy (non-hydrogen) atoms. The van der Waals surface area contributed by atoms with Crippen LogP contribution in [0.15, 0.2) is 24.3 Å². The normalized spacial score (nSPS) is 24.5. The van der Waals surface area contributed by atoms with Gasteiger partial charge in [0.1, 0.15) is 0 Å². The van der Waals surface area contributed by atoms with Gasteiger partial charge in [0.05, 0.1) is 0 Å². The van der Waals surface area contributed by atoms with Gasteiger partial charge in [-0.15, -0.1) is 12.4 Å². The van der Waals surface area contributed by atoms with E-state index in [2.05, 4.69) is 17.1 Å².